The normalized spacial score (nSPS) is 24.0. The van der Waals surface area contributed by atoms with Crippen molar-refractivity contribution in [1.82, 2.24) is 25.1 Å². The van der Waals surface area contributed by atoms with Crippen LogP contribution in [0.15, 0.2) is 93.2 Å². The van der Waals surface area contributed by atoms with E-state index in [-0.39, 0.29) is 12.1 Å². The molecule has 0 amide bonds. The highest BCUT2D eigenvalue weighted by Gasteiger charge is 2.47. The van der Waals surface area contributed by atoms with Gasteiger partial charge in [-0.1, -0.05) is 48.2 Å². The Morgan fingerprint density at radius 2 is 2.08 bits per heavy atom. The van der Waals surface area contributed by atoms with Gasteiger partial charge in [-0.05, 0) is 61.9 Å². The first kappa shape index (κ1) is 24.6. The first-order valence-corrected chi connectivity index (χ1v) is 13.8. The molecule has 38 heavy (non-hydrogen) atoms. The van der Waals surface area contributed by atoms with Crippen LogP contribution in [0.4, 0.5) is 4.39 Å². The summed E-state index contributed by atoms with van der Waals surface area (Å²) in [5.74, 6) is 0.821. The lowest BCUT2D eigenvalue weighted by atomic mass is 9.96. The lowest BCUT2D eigenvalue weighted by Crippen LogP contribution is -2.53. The third-order valence-electron chi connectivity index (χ3n) is 7.57. The molecule has 194 valence electrons. The van der Waals surface area contributed by atoms with Gasteiger partial charge in [0.05, 0.1) is 28.4 Å². The number of allylic oxidation sites excluding steroid dienone is 3. The fourth-order valence-electron chi connectivity index (χ4n) is 5.54. The molecule has 0 aromatic carbocycles. The average Bonchev–Trinajstić information content (AvgIpc) is 3.53. The van der Waals surface area contributed by atoms with Crippen LogP contribution in [0.3, 0.4) is 0 Å². The first-order valence-electron chi connectivity index (χ1n) is 13.0. The zero-order valence-corrected chi connectivity index (χ0v) is 22.1. The summed E-state index contributed by atoms with van der Waals surface area (Å²) in [6.07, 6.45) is 10.8. The summed E-state index contributed by atoms with van der Waals surface area (Å²) >= 11 is 1.52. The van der Waals surface area contributed by atoms with Crippen LogP contribution >= 0.6 is 11.8 Å². The van der Waals surface area contributed by atoms with Crippen LogP contribution in [-0.4, -0.2) is 57.2 Å². The zero-order chi connectivity index (χ0) is 26.2. The number of nitrogens with zero attached hydrogens (tertiary/aromatic N) is 5. The largest absolute Gasteiger partial charge is 0.375 e. The number of fused-ring (bicyclic) bond motifs is 3. The number of nitrogens with one attached hydrogen (secondary N) is 2. The molecule has 2 aliphatic carbocycles. The van der Waals surface area contributed by atoms with Crippen LogP contribution < -0.4 is 5.32 Å². The quantitative estimate of drug-likeness (QED) is 0.390. The molecule has 1 saturated heterocycles. The van der Waals surface area contributed by atoms with Gasteiger partial charge in [0.25, 0.3) is 0 Å². The van der Waals surface area contributed by atoms with Gasteiger partial charge in [0, 0.05) is 25.5 Å². The van der Waals surface area contributed by atoms with Crippen molar-refractivity contribution in [2.24, 2.45) is 4.99 Å². The van der Waals surface area contributed by atoms with E-state index in [9.17, 15) is 9.80 Å². The fourth-order valence-corrected chi connectivity index (χ4v) is 6.47. The van der Waals surface area contributed by atoms with Gasteiger partial charge in [0.15, 0.2) is 0 Å². The van der Waals surface area contributed by atoms with Crippen molar-refractivity contribution >= 4 is 29.1 Å². The molecule has 2 aromatic rings. The van der Waals surface area contributed by atoms with Gasteiger partial charge in [-0.15, -0.1) is 0 Å². The number of rotatable bonds is 6. The first-order chi connectivity index (χ1) is 18.5. The monoisotopic (exact) mass is 527 g/mol. The number of amidine groups is 1. The number of thioether (sulfide) groups is 1. The van der Waals surface area contributed by atoms with E-state index in [1.165, 1.54) is 23.4 Å². The SMILES string of the molecule is C=C1/C(=C(/NCC2=CC=C(c3cccc(F)n3)CC2)Sc2ccccn2)C(=N)N2C(=NC3CCCC32)N1C. The van der Waals surface area contributed by atoms with Crippen molar-refractivity contribution in [3.8, 4) is 0 Å². The summed E-state index contributed by atoms with van der Waals surface area (Å²) in [4.78, 5) is 17.6. The molecular weight excluding hydrogens is 497 g/mol. The summed E-state index contributed by atoms with van der Waals surface area (Å²) in [5, 5.41) is 14.6. The molecule has 4 aliphatic rings. The van der Waals surface area contributed by atoms with E-state index in [1.54, 1.807) is 12.3 Å². The molecule has 2 fully saturated rings. The van der Waals surface area contributed by atoms with Crippen molar-refractivity contribution in [2.75, 3.05) is 13.6 Å². The predicted molar refractivity (Wildman–Crippen MR) is 150 cm³/mol. The van der Waals surface area contributed by atoms with Crippen molar-refractivity contribution in [3.05, 3.63) is 94.8 Å². The van der Waals surface area contributed by atoms with Crippen LogP contribution in [0.2, 0.25) is 0 Å². The smallest absolute Gasteiger partial charge is 0.213 e. The maximum Gasteiger partial charge on any atom is 0.213 e. The molecule has 2 N–H and O–H groups in total. The number of aromatic nitrogens is 2. The van der Waals surface area contributed by atoms with E-state index in [2.05, 4.69) is 32.8 Å². The molecule has 7 nitrogen and oxygen atoms in total. The second-order valence-electron chi connectivity index (χ2n) is 9.91. The Morgan fingerprint density at radius 3 is 2.84 bits per heavy atom. The van der Waals surface area contributed by atoms with Crippen LogP contribution in [0.25, 0.3) is 5.57 Å². The van der Waals surface area contributed by atoms with E-state index in [0.29, 0.717) is 18.1 Å². The molecule has 1 saturated carbocycles. The Labute approximate surface area is 226 Å². The third kappa shape index (κ3) is 4.55. The summed E-state index contributed by atoms with van der Waals surface area (Å²) in [7, 11) is 1.99. The summed E-state index contributed by atoms with van der Waals surface area (Å²) < 4.78 is 13.6. The van der Waals surface area contributed by atoms with Crippen LogP contribution in [0, 0.1) is 11.4 Å². The van der Waals surface area contributed by atoms with Crippen molar-refractivity contribution in [1.29, 1.82) is 5.41 Å². The maximum absolute atomic E-state index is 13.6. The van der Waals surface area contributed by atoms with Crippen molar-refractivity contribution < 1.29 is 4.39 Å². The Hall–Kier alpha value is -3.72. The van der Waals surface area contributed by atoms with Gasteiger partial charge < -0.3 is 10.2 Å². The molecule has 9 heteroatoms. The van der Waals surface area contributed by atoms with E-state index < -0.39 is 5.95 Å². The highest BCUT2D eigenvalue weighted by Crippen LogP contribution is 2.40. The Balaban J connectivity index is 1.29. The third-order valence-corrected chi connectivity index (χ3v) is 8.57. The van der Waals surface area contributed by atoms with E-state index in [1.807, 2.05) is 42.3 Å². The Morgan fingerprint density at radius 1 is 1.18 bits per heavy atom. The molecule has 6 rings (SSSR count). The molecule has 2 aliphatic heterocycles. The van der Waals surface area contributed by atoms with Gasteiger partial charge in [0.2, 0.25) is 11.9 Å². The molecule has 0 spiro atoms. The number of likely N-dealkylation sites (N-methyl/N-ethyl adjacent to an activating group) is 1. The number of aliphatic imine (C=N–C) groups is 1. The van der Waals surface area contributed by atoms with Gasteiger partial charge in [-0.3, -0.25) is 10.3 Å². The lowest BCUT2D eigenvalue weighted by Gasteiger charge is -2.40. The standard InChI is InChI=1S/C29H30FN7S/c1-18-26(27(31)37-23-9-5-8-22(23)35-29(37)36(18)2)28(38-25-11-3-4-16-32-25)33-17-19-12-14-20(15-13-19)21-7-6-10-24(30)34-21/h3-4,6-7,10-12,14,16,22-23,31,33H,1,5,8-9,13,15,17H2,2H3/b28-26+,31-27?. The second-order valence-corrected chi connectivity index (χ2v) is 10.9. The molecule has 2 aromatic heterocycles. The molecule has 2 unspecified atom stereocenters. The van der Waals surface area contributed by atoms with Crippen LogP contribution in [-0.2, 0) is 0 Å². The molecule has 4 heterocycles. The minimum absolute atomic E-state index is 0.241. The highest BCUT2D eigenvalue weighted by atomic mass is 32.2. The topological polar surface area (TPSA) is 80.5 Å². The highest BCUT2D eigenvalue weighted by molar-refractivity contribution is 8.03. The van der Waals surface area contributed by atoms with E-state index in [4.69, 9.17) is 4.99 Å². The second kappa shape index (κ2) is 10.2. The minimum atomic E-state index is -0.460. The summed E-state index contributed by atoms with van der Waals surface area (Å²) in [6, 6.07) is 11.2. The Bertz CT molecular complexity index is 1410. The predicted octanol–water partition coefficient (Wildman–Crippen LogP) is 5.34. The average molecular weight is 528 g/mol. The van der Waals surface area contributed by atoms with Gasteiger partial charge in [0.1, 0.15) is 10.9 Å². The molecule has 2 atom stereocenters. The molecule has 0 radical (unpaired) electrons. The van der Waals surface area contributed by atoms with Crippen molar-refractivity contribution in [2.45, 2.75) is 49.2 Å². The zero-order valence-electron chi connectivity index (χ0n) is 21.3. The number of hydrogen-bond donors (Lipinski definition) is 2. The number of hydrogen-bond acceptors (Lipinski definition) is 7. The van der Waals surface area contributed by atoms with Crippen LogP contribution in [0.1, 0.15) is 37.8 Å². The maximum atomic E-state index is 13.6. The fraction of sp³-hybridized carbons (Fsp3) is 0.310. The van der Waals surface area contributed by atoms with Crippen LogP contribution in [0.5, 0.6) is 0 Å². The number of halogens is 1. The lowest BCUT2D eigenvalue weighted by molar-refractivity contribution is 0.402. The van der Waals surface area contributed by atoms with Gasteiger partial charge in [-0.25, -0.2) is 15.0 Å². The Kier molecular flexibility index (Phi) is 6.61. The van der Waals surface area contributed by atoms with Gasteiger partial charge >= 0.3 is 0 Å². The summed E-state index contributed by atoms with van der Waals surface area (Å²) in [6.45, 7) is 4.99. The number of pyridine rings is 2. The van der Waals surface area contributed by atoms with Crippen molar-refractivity contribution in [3.63, 3.8) is 0 Å². The minimum Gasteiger partial charge on any atom is -0.375 e. The van der Waals surface area contributed by atoms with E-state index in [0.717, 1.165) is 65.0 Å². The molecular formula is C29H30FN7S. The van der Waals surface area contributed by atoms with E-state index >= 15 is 0 Å². The van der Waals surface area contributed by atoms with Gasteiger partial charge in [-0.2, -0.15) is 4.39 Å². The molecule has 0 bridgehead atoms. The summed E-state index contributed by atoms with van der Waals surface area (Å²) in [5.41, 5.74) is 4.49. The number of guanidine groups is 1.